The van der Waals surface area contributed by atoms with Crippen molar-refractivity contribution in [2.24, 2.45) is 0 Å². The van der Waals surface area contributed by atoms with E-state index in [0.29, 0.717) is 11.3 Å². The summed E-state index contributed by atoms with van der Waals surface area (Å²) < 4.78 is 0. The number of carbonyl (C=O) groups excluding carboxylic acids is 3. The van der Waals surface area contributed by atoms with Crippen LogP contribution in [0, 0.1) is 6.92 Å². The van der Waals surface area contributed by atoms with Gasteiger partial charge in [-0.1, -0.05) is 67.1 Å². The summed E-state index contributed by atoms with van der Waals surface area (Å²) in [7, 11) is 0. The molecular weight excluding hydrogens is 384 g/mol. The lowest BCUT2D eigenvalue weighted by atomic mass is 9.98. The molecule has 3 amide bonds. The Morgan fingerprint density at radius 3 is 2.48 bits per heavy atom. The number of hydrogen-bond donors (Lipinski definition) is 1. The standard InChI is InChI=1S/C23H24N2O3S/c1-16-8-10-18(11-9-16)15-20-22(27)25(23(28)29-20)13-12-24-21(26)14-17(2)19-6-4-3-5-7-19/h3-11,15,17H,12-14H2,1-2H3,(H,24,26)/b20-15-. The lowest BCUT2D eigenvalue weighted by molar-refractivity contribution is -0.124. The number of hydrogen-bond acceptors (Lipinski definition) is 4. The Morgan fingerprint density at radius 1 is 1.10 bits per heavy atom. The molecule has 0 spiro atoms. The Morgan fingerprint density at radius 2 is 1.79 bits per heavy atom. The van der Waals surface area contributed by atoms with E-state index in [2.05, 4.69) is 5.32 Å². The zero-order valence-corrected chi connectivity index (χ0v) is 17.4. The van der Waals surface area contributed by atoms with E-state index < -0.39 is 0 Å². The summed E-state index contributed by atoms with van der Waals surface area (Å²) in [5.41, 5.74) is 3.12. The van der Waals surface area contributed by atoms with Crippen molar-refractivity contribution in [3.05, 3.63) is 76.2 Å². The monoisotopic (exact) mass is 408 g/mol. The van der Waals surface area contributed by atoms with Gasteiger partial charge < -0.3 is 5.32 Å². The highest BCUT2D eigenvalue weighted by molar-refractivity contribution is 8.18. The first-order valence-corrected chi connectivity index (χ1v) is 10.4. The van der Waals surface area contributed by atoms with Crippen LogP contribution in [0.5, 0.6) is 0 Å². The molecule has 2 aromatic rings. The number of rotatable bonds is 7. The fraction of sp³-hybridized carbons (Fsp3) is 0.261. The van der Waals surface area contributed by atoms with Crippen molar-refractivity contribution in [2.75, 3.05) is 13.1 Å². The highest BCUT2D eigenvalue weighted by atomic mass is 32.2. The van der Waals surface area contributed by atoms with Gasteiger partial charge in [0.1, 0.15) is 0 Å². The molecule has 1 fully saturated rings. The molecule has 1 aliphatic heterocycles. The van der Waals surface area contributed by atoms with Crippen LogP contribution in [-0.2, 0) is 9.59 Å². The minimum Gasteiger partial charge on any atom is -0.354 e. The average molecular weight is 409 g/mol. The topological polar surface area (TPSA) is 66.5 Å². The van der Waals surface area contributed by atoms with Gasteiger partial charge in [-0.15, -0.1) is 0 Å². The molecule has 0 saturated carbocycles. The fourth-order valence-corrected chi connectivity index (χ4v) is 3.93. The number of aryl methyl sites for hydroxylation is 1. The van der Waals surface area contributed by atoms with Crippen molar-refractivity contribution in [3.8, 4) is 0 Å². The van der Waals surface area contributed by atoms with Crippen LogP contribution >= 0.6 is 11.8 Å². The molecule has 5 nitrogen and oxygen atoms in total. The largest absolute Gasteiger partial charge is 0.354 e. The van der Waals surface area contributed by atoms with Crippen LogP contribution in [0.4, 0.5) is 4.79 Å². The molecule has 0 bridgehead atoms. The summed E-state index contributed by atoms with van der Waals surface area (Å²) in [4.78, 5) is 38.5. The Hall–Kier alpha value is -2.86. The van der Waals surface area contributed by atoms with E-state index >= 15 is 0 Å². The summed E-state index contributed by atoms with van der Waals surface area (Å²) >= 11 is 0.933. The van der Waals surface area contributed by atoms with Crippen LogP contribution in [0.2, 0.25) is 0 Å². The normalized spacial score (nSPS) is 16.3. The van der Waals surface area contributed by atoms with E-state index in [1.54, 1.807) is 6.08 Å². The van der Waals surface area contributed by atoms with Gasteiger partial charge >= 0.3 is 0 Å². The predicted octanol–water partition coefficient (Wildman–Crippen LogP) is 4.34. The maximum Gasteiger partial charge on any atom is 0.293 e. The summed E-state index contributed by atoms with van der Waals surface area (Å²) in [6.45, 7) is 4.41. The Kier molecular flexibility index (Phi) is 6.88. The molecule has 0 aliphatic carbocycles. The van der Waals surface area contributed by atoms with Crippen molar-refractivity contribution in [2.45, 2.75) is 26.2 Å². The van der Waals surface area contributed by atoms with Gasteiger partial charge in [0.05, 0.1) is 4.91 Å². The smallest absolute Gasteiger partial charge is 0.293 e. The van der Waals surface area contributed by atoms with Crippen molar-refractivity contribution in [1.82, 2.24) is 10.2 Å². The minimum atomic E-state index is -0.313. The number of nitrogens with zero attached hydrogens (tertiary/aromatic N) is 1. The van der Waals surface area contributed by atoms with Gasteiger partial charge in [0, 0.05) is 19.5 Å². The van der Waals surface area contributed by atoms with Crippen LogP contribution in [0.1, 0.15) is 36.0 Å². The summed E-state index contributed by atoms with van der Waals surface area (Å²) in [6.07, 6.45) is 2.09. The SMILES string of the molecule is Cc1ccc(/C=C2\SC(=O)N(CCNC(=O)CC(C)c3ccccc3)C2=O)cc1. The number of thioether (sulfide) groups is 1. The summed E-state index contributed by atoms with van der Waals surface area (Å²) in [5, 5.41) is 2.50. The molecular formula is C23H24N2O3S. The van der Waals surface area contributed by atoms with Crippen LogP contribution in [0.25, 0.3) is 6.08 Å². The van der Waals surface area contributed by atoms with E-state index in [-0.39, 0.29) is 36.1 Å². The Labute approximate surface area is 175 Å². The molecule has 1 aliphatic rings. The molecule has 0 radical (unpaired) electrons. The molecule has 0 aromatic heterocycles. The molecule has 1 saturated heterocycles. The average Bonchev–Trinajstić information content (AvgIpc) is 2.97. The van der Waals surface area contributed by atoms with E-state index in [0.717, 1.165) is 28.5 Å². The van der Waals surface area contributed by atoms with Gasteiger partial charge in [0.25, 0.3) is 11.1 Å². The first-order valence-electron chi connectivity index (χ1n) is 9.57. The number of amides is 3. The second-order valence-corrected chi connectivity index (χ2v) is 8.10. The van der Waals surface area contributed by atoms with Gasteiger partial charge in [0.15, 0.2) is 0 Å². The number of imide groups is 1. The van der Waals surface area contributed by atoms with Gasteiger partial charge in [-0.2, -0.15) is 0 Å². The van der Waals surface area contributed by atoms with Crippen LogP contribution < -0.4 is 5.32 Å². The maximum absolute atomic E-state index is 12.5. The molecule has 1 atom stereocenters. The minimum absolute atomic E-state index is 0.0940. The summed E-state index contributed by atoms with van der Waals surface area (Å²) in [6, 6.07) is 17.6. The Bertz CT molecular complexity index is 923. The van der Waals surface area contributed by atoms with E-state index in [1.807, 2.05) is 68.4 Å². The third-order valence-corrected chi connectivity index (χ3v) is 5.67. The molecule has 150 valence electrons. The number of carbonyl (C=O) groups is 3. The van der Waals surface area contributed by atoms with Gasteiger partial charge in [-0.25, -0.2) is 0 Å². The quantitative estimate of drug-likeness (QED) is 0.692. The predicted molar refractivity (Wildman–Crippen MR) is 116 cm³/mol. The molecule has 1 N–H and O–H groups in total. The second kappa shape index (κ2) is 9.56. The molecule has 6 heteroatoms. The third-order valence-electron chi connectivity index (χ3n) is 4.77. The van der Waals surface area contributed by atoms with Crippen LogP contribution in [-0.4, -0.2) is 35.0 Å². The molecule has 29 heavy (non-hydrogen) atoms. The van der Waals surface area contributed by atoms with Crippen molar-refractivity contribution >= 4 is 34.9 Å². The molecule has 2 aromatic carbocycles. The highest BCUT2D eigenvalue weighted by Gasteiger charge is 2.34. The number of nitrogens with one attached hydrogen (secondary N) is 1. The summed E-state index contributed by atoms with van der Waals surface area (Å²) in [5.74, 6) is -0.304. The van der Waals surface area contributed by atoms with E-state index in [1.165, 1.54) is 4.90 Å². The third kappa shape index (κ3) is 5.57. The van der Waals surface area contributed by atoms with Crippen LogP contribution in [0.3, 0.4) is 0 Å². The second-order valence-electron chi connectivity index (χ2n) is 7.11. The highest BCUT2D eigenvalue weighted by Crippen LogP contribution is 2.31. The first-order chi connectivity index (χ1) is 13.9. The van der Waals surface area contributed by atoms with Gasteiger partial charge in [-0.3, -0.25) is 19.3 Å². The fourth-order valence-electron chi connectivity index (χ4n) is 3.06. The Balaban J connectivity index is 1.50. The zero-order chi connectivity index (χ0) is 20.8. The lowest BCUT2D eigenvalue weighted by Gasteiger charge is -2.15. The van der Waals surface area contributed by atoms with Crippen LogP contribution in [0.15, 0.2) is 59.5 Å². The van der Waals surface area contributed by atoms with Crippen molar-refractivity contribution < 1.29 is 14.4 Å². The molecule has 1 heterocycles. The van der Waals surface area contributed by atoms with Gasteiger partial charge in [-0.05, 0) is 41.8 Å². The van der Waals surface area contributed by atoms with E-state index in [9.17, 15) is 14.4 Å². The van der Waals surface area contributed by atoms with Crippen molar-refractivity contribution in [3.63, 3.8) is 0 Å². The van der Waals surface area contributed by atoms with E-state index in [4.69, 9.17) is 0 Å². The van der Waals surface area contributed by atoms with Gasteiger partial charge in [0.2, 0.25) is 5.91 Å². The molecule has 1 unspecified atom stereocenters. The zero-order valence-electron chi connectivity index (χ0n) is 16.6. The maximum atomic E-state index is 12.5. The number of benzene rings is 2. The molecule has 3 rings (SSSR count). The lowest BCUT2D eigenvalue weighted by Crippen LogP contribution is -2.37. The first kappa shape index (κ1) is 20.9. The van der Waals surface area contributed by atoms with Crippen molar-refractivity contribution in [1.29, 1.82) is 0 Å².